The Balaban J connectivity index is 0.000000196. The number of amides is 5. The number of ether oxygens (including phenoxy) is 1. The average Bonchev–Trinajstić information content (AvgIpc) is 0.786. The zero-order valence-corrected chi connectivity index (χ0v) is 87.6. The molecule has 143 heavy (non-hydrogen) atoms. The summed E-state index contributed by atoms with van der Waals surface area (Å²) in [6.07, 6.45) is 22.8. The number of hydrogen-bond acceptors (Lipinski definition) is 18. The topological polar surface area (TPSA) is 335 Å². The van der Waals surface area contributed by atoms with Gasteiger partial charge in [-0.3, -0.25) is 77.1 Å². The average molecular weight is 1940 g/mol. The van der Waals surface area contributed by atoms with E-state index in [0.29, 0.717) is 55.1 Å². The monoisotopic (exact) mass is 1940 g/mol. The number of carbonyl (C=O) groups excluding carboxylic acids is 9. The summed E-state index contributed by atoms with van der Waals surface area (Å²) in [5.74, 6) is 0.317. The van der Waals surface area contributed by atoms with Crippen LogP contribution >= 0.6 is 0 Å². The maximum absolute atomic E-state index is 13.7. The number of fused-ring (bicyclic) bond motifs is 1. The first-order valence-corrected chi connectivity index (χ1v) is 50.2. The predicted molar refractivity (Wildman–Crippen MR) is 567 cm³/mol. The number of piperidine rings is 2. The Hall–Kier alpha value is -13.8. The number of aryl methyl sites for hydroxylation is 7. The van der Waals surface area contributed by atoms with Crippen LogP contribution in [0.15, 0.2) is 216 Å². The summed E-state index contributed by atoms with van der Waals surface area (Å²) >= 11 is 0. The van der Waals surface area contributed by atoms with Crippen molar-refractivity contribution in [2.75, 3.05) is 31.6 Å². The second-order valence-corrected chi connectivity index (χ2v) is 41.4. The van der Waals surface area contributed by atoms with Crippen molar-refractivity contribution >= 4 is 69.3 Å². The van der Waals surface area contributed by atoms with Crippen LogP contribution in [-0.4, -0.2) is 124 Å². The number of pyridine rings is 5. The molecule has 11 aromatic rings. The molecule has 8 atom stereocenters. The number of aromatic nitrogens is 7. The van der Waals surface area contributed by atoms with Crippen molar-refractivity contribution in [3.63, 3.8) is 0 Å². The number of methoxy groups -OCH3 is 1. The van der Waals surface area contributed by atoms with Gasteiger partial charge >= 0.3 is 0 Å². The Morgan fingerprint density at radius 2 is 0.776 bits per heavy atom. The molecule has 5 aromatic carbocycles. The molecule has 0 bridgehead atoms. The van der Waals surface area contributed by atoms with E-state index in [1.165, 1.54) is 79.1 Å². The lowest BCUT2D eigenvalue weighted by Crippen LogP contribution is -2.55. The molecule has 8 heterocycles. The number of rotatable bonds is 37. The molecule has 2 saturated heterocycles. The number of benzene rings is 5. The maximum atomic E-state index is 13.7. The summed E-state index contributed by atoms with van der Waals surface area (Å²) in [5.41, 5.74) is 17.2. The fourth-order valence-electron chi connectivity index (χ4n) is 19.1. The summed E-state index contributed by atoms with van der Waals surface area (Å²) in [4.78, 5) is 177. The standard InChI is InChI=1S/C30H41N3O3.C29H36N4O3.C29H35N3O4.C29H35N3O3/c1-19(2)13-26(33-18-30(6,7)12-11-27(33)35)29(36)32-25(14-22(5)34)23-15-24(17-31-16-23)28-20(3)9-8-10-21(28)4;1-20(2)16-27(33-19-30-25-13-6-5-12-24(25)29(33)36)28(35)31-26(17-21(3)34)22-10-9-11-23(18-22)32-14-7-4-8-15-32;1-18(2)12-25(32-11-10-19(3)13-27(32)34)29(35)31-24(14-21(5)33)22-15-23(17-30-16-22)28-20(4)8-7-9-26(28)36-6;1-18(2)12-26(32-11-10-19(3)13-27(32)34)29(35)31-25(14-22(6)33)23-15-24(17-30-16-23)28-20(4)8-7-9-21(28)5/h8-10,15-17,19,25-26H,11-14,18H2,1-7H3,(H,32,36);5-6,9-13,18-20,26-27H,4,7-8,14-17H2,1-3H3,(H,31,35);7-11,13,15-18,24-25H,12,14H2,1-6H3,(H,31,35);7-11,13,15-18,25-26H,12,14H2,1-6H3,(H,31,35)/t25-,26+;26-,27-;24-,25+;25-,26+/m0001/s1. The second kappa shape index (κ2) is 51.8. The number of hydrogen-bond donors (Lipinski definition) is 4. The summed E-state index contributed by atoms with van der Waals surface area (Å²) in [6, 6.07) is 41.2. The molecule has 0 saturated carbocycles. The van der Waals surface area contributed by atoms with Crippen molar-refractivity contribution in [3.05, 3.63) is 294 Å². The molecule has 6 aromatic heterocycles. The molecule has 5 amide bonds. The van der Waals surface area contributed by atoms with Gasteiger partial charge in [0.2, 0.25) is 29.5 Å². The van der Waals surface area contributed by atoms with Gasteiger partial charge in [-0.25, -0.2) is 4.98 Å². The van der Waals surface area contributed by atoms with Crippen LogP contribution in [0.1, 0.15) is 284 Å². The van der Waals surface area contributed by atoms with E-state index in [1.54, 1.807) is 73.6 Å². The highest BCUT2D eigenvalue weighted by molar-refractivity contribution is 5.90. The Kier molecular flexibility index (Phi) is 40.3. The van der Waals surface area contributed by atoms with Gasteiger partial charge in [-0.2, -0.15) is 0 Å². The van der Waals surface area contributed by atoms with Gasteiger partial charge in [0.05, 0.1) is 48.5 Å². The van der Waals surface area contributed by atoms with E-state index in [2.05, 4.69) is 138 Å². The first-order chi connectivity index (χ1) is 67.9. The zero-order valence-electron chi connectivity index (χ0n) is 87.6. The lowest BCUT2D eigenvalue weighted by molar-refractivity contribution is -0.146. The Morgan fingerprint density at radius 3 is 1.18 bits per heavy atom. The third-order valence-electron chi connectivity index (χ3n) is 26.2. The number of likely N-dealkylation sites (tertiary alicyclic amines) is 1. The quantitative estimate of drug-likeness (QED) is 0.0281. The minimum atomic E-state index is -0.727. The highest BCUT2D eigenvalue weighted by Crippen LogP contribution is 2.39. The van der Waals surface area contributed by atoms with Crippen LogP contribution < -0.4 is 47.6 Å². The van der Waals surface area contributed by atoms with Crippen molar-refractivity contribution in [2.24, 2.45) is 29.1 Å². The fourth-order valence-corrected chi connectivity index (χ4v) is 19.1. The van der Waals surface area contributed by atoms with Gasteiger partial charge in [-0.1, -0.05) is 142 Å². The van der Waals surface area contributed by atoms with Crippen molar-refractivity contribution in [3.8, 4) is 39.1 Å². The first-order valence-electron chi connectivity index (χ1n) is 50.2. The number of para-hydroxylation sites is 1. The van der Waals surface area contributed by atoms with Gasteiger partial charge in [0.15, 0.2) is 0 Å². The fraction of sp³-hybridized carbons (Fsp3) is 0.436. The number of nitrogens with zero attached hydrogens (tertiary/aromatic N) is 9. The molecule has 26 heteroatoms. The number of carbonyl (C=O) groups is 9. The van der Waals surface area contributed by atoms with E-state index in [9.17, 15) is 57.5 Å². The third-order valence-corrected chi connectivity index (χ3v) is 26.2. The number of ketones is 4. The molecule has 4 N–H and O–H groups in total. The highest BCUT2D eigenvalue weighted by atomic mass is 16.5. The number of Topliss-reactive ketones (excluding diaryl/α,β-unsaturated/α-hetero) is 4. The van der Waals surface area contributed by atoms with Gasteiger partial charge in [-0.05, 0) is 290 Å². The van der Waals surface area contributed by atoms with E-state index in [-0.39, 0.29) is 124 Å². The van der Waals surface area contributed by atoms with Crippen molar-refractivity contribution in [2.45, 2.75) is 277 Å². The van der Waals surface area contributed by atoms with Gasteiger partial charge in [0.1, 0.15) is 53.0 Å². The molecule has 2 aliphatic heterocycles. The summed E-state index contributed by atoms with van der Waals surface area (Å²) in [7, 11) is 1.62. The molecule has 13 rings (SSSR count). The molecule has 0 aliphatic carbocycles. The van der Waals surface area contributed by atoms with Crippen LogP contribution in [-0.2, 0) is 43.2 Å². The van der Waals surface area contributed by atoms with Crippen LogP contribution in [0, 0.1) is 77.6 Å². The molecule has 0 unspecified atom stereocenters. The van der Waals surface area contributed by atoms with E-state index in [0.717, 1.165) is 120 Å². The van der Waals surface area contributed by atoms with Gasteiger partial charge in [0, 0.05) is 141 Å². The Morgan fingerprint density at radius 1 is 0.406 bits per heavy atom. The van der Waals surface area contributed by atoms with Gasteiger partial charge in [-0.15, -0.1) is 0 Å². The van der Waals surface area contributed by atoms with E-state index in [1.807, 2.05) is 147 Å². The molecule has 2 aliphatic rings. The molecular formula is C117H147N13O13. The third kappa shape index (κ3) is 31.4. The van der Waals surface area contributed by atoms with Crippen LogP contribution in [0.2, 0.25) is 0 Å². The number of nitrogens with one attached hydrogen (secondary N) is 4. The summed E-state index contributed by atoms with van der Waals surface area (Å²) in [6.45, 7) is 43.1. The molecule has 758 valence electrons. The Bertz CT molecular complexity index is 6480. The smallest absolute Gasteiger partial charge is 0.261 e. The molecule has 2 fully saturated rings. The lowest BCUT2D eigenvalue weighted by Gasteiger charge is -2.42. The molecule has 0 radical (unpaired) electrons. The minimum absolute atomic E-state index is 0.00590. The number of anilines is 1. The van der Waals surface area contributed by atoms with Gasteiger partial charge in [0.25, 0.3) is 16.7 Å². The minimum Gasteiger partial charge on any atom is -0.496 e. The largest absolute Gasteiger partial charge is 0.496 e. The normalized spacial score (nSPS) is 14.6. The first kappa shape index (κ1) is 111. The second-order valence-electron chi connectivity index (χ2n) is 41.4. The highest BCUT2D eigenvalue weighted by Gasteiger charge is 2.40. The SMILES string of the molecule is CC(=O)C[C@@H](NC(=O)[C@H](CC(C)C)n1ccc(C)cc1=O)c1cncc(-c2c(C)cccc2C)c1.CC(=O)C[C@H](NC(=O)[C@@H](CC(C)C)N1CC(C)(C)CCC1=O)c1cncc(-c2c(C)cccc2C)c1.CC(=O)C[C@H](NC(=O)[C@H](CC(C)C)n1cnc2ccccc2c1=O)c1cccc(N2CCCCC2)c1.COc1cccc(C)c1-c1cncc([C@H](CC(C)=O)NC(=O)[C@@H](CC(C)C)n2ccc(C)cc2=O)c1. The lowest BCUT2D eigenvalue weighted by atomic mass is 9.82. The van der Waals surface area contributed by atoms with Gasteiger partial charge < -0.3 is 44.9 Å². The summed E-state index contributed by atoms with van der Waals surface area (Å²) in [5, 5.41) is 12.8. The Labute approximate surface area is 842 Å². The molecular weight excluding hydrogens is 1800 g/mol. The van der Waals surface area contributed by atoms with Crippen LogP contribution in [0.3, 0.4) is 0 Å². The van der Waals surface area contributed by atoms with Crippen LogP contribution in [0.25, 0.3) is 44.3 Å². The molecule has 26 nitrogen and oxygen atoms in total. The zero-order chi connectivity index (χ0) is 104. The van der Waals surface area contributed by atoms with Crippen molar-refractivity contribution in [1.82, 2.24) is 59.8 Å². The predicted octanol–water partition coefficient (Wildman–Crippen LogP) is 20.6. The molecule has 0 spiro atoms. The summed E-state index contributed by atoms with van der Waals surface area (Å²) < 4.78 is 9.96. The van der Waals surface area contributed by atoms with Crippen LogP contribution in [0.5, 0.6) is 5.75 Å². The maximum Gasteiger partial charge on any atom is 0.261 e. The van der Waals surface area contributed by atoms with Crippen LogP contribution in [0.4, 0.5) is 5.69 Å². The van der Waals surface area contributed by atoms with E-state index >= 15 is 0 Å². The van der Waals surface area contributed by atoms with E-state index < -0.39 is 48.3 Å². The van der Waals surface area contributed by atoms with E-state index in [4.69, 9.17) is 4.74 Å². The van der Waals surface area contributed by atoms with Crippen molar-refractivity contribution < 1.29 is 47.9 Å². The van der Waals surface area contributed by atoms with Crippen molar-refractivity contribution in [1.29, 1.82) is 0 Å².